The van der Waals surface area contributed by atoms with Gasteiger partial charge in [0, 0.05) is 18.8 Å². The van der Waals surface area contributed by atoms with Crippen LogP contribution in [0.1, 0.15) is 20.8 Å². The van der Waals surface area contributed by atoms with Crippen molar-refractivity contribution in [1.82, 2.24) is 15.3 Å². The van der Waals surface area contributed by atoms with Crippen molar-refractivity contribution in [1.29, 1.82) is 0 Å². The summed E-state index contributed by atoms with van der Waals surface area (Å²) < 4.78 is 29.9. The molecule has 28 heavy (non-hydrogen) atoms. The van der Waals surface area contributed by atoms with Crippen molar-refractivity contribution >= 4 is 27.2 Å². The summed E-state index contributed by atoms with van der Waals surface area (Å²) in [7, 11) is 1.12. The summed E-state index contributed by atoms with van der Waals surface area (Å²) in [5, 5.41) is 15.1. The molecule has 0 spiro atoms. The minimum atomic E-state index is -1.88. The number of aliphatic hydroxyl groups excluding tert-OH is 1. The van der Waals surface area contributed by atoms with Crippen LogP contribution in [0.2, 0.25) is 0 Å². The van der Waals surface area contributed by atoms with Gasteiger partial charge in [-0.25, -0.2) is 4.39 Å². The Labute approximate surface area is 164 Å². The smallest absolute Gasteiger partial charge is 0.320 e. The quantitative estimate of drug-likeness (QED) is 0.135. The molecule has 0 aromatic heterocycles. The van der Waals surface area contributed by atoms with Gasteiger partial charge in [-0.15, -0.1) is 0 Å². The summed E-state index contributed by atoms with van der Waals surface area (Å²) in [4.78, 5) is 35.0. The molecule has 0 bridgehead atoms. The number of rotatable bonds is 11. The highest BCUT2D eigenvalue weighted by atomic mass is 31.1. The summed E-state index contributed by atoms with van der Waals surface area (Å²) in [6.45, 7) is 4.70. The summed E-state index contributed by atoms with van der Waals surface area (Å²) >= 11 is 0. The number of carbonyl (C=O) groups excluding carboxylic acids is 3. The Morgan fingerprint density at radius 3 is 2.68 bits per heavy atom. The van der Waals surface area contributed by atoms with E-state index in [9.17, 15) is 23.9 Å². The van der Waals surface area contributed by atoms with Crippen LogP contribution in [0.3, 0.4) is 0 Å². The molecule has 0 radical (unpaired) electrons. The van der Waals surface area contributed by atoms with Crippen molar-refractivity contribution < 1.29 is 37.9 Å². The van der Waals surface area contributed by atoms with Crippen LogP contribution < -0.4 is 10.4 Å². The van der Waals surface area contributed by atoms with E-state index in [0.29, 0.717) is 6.41 Å². The van der Waals surface area contributed by atoms with Gasteiger partial charge in [0.2, 0.25) is 12.3 Å². The van der Waals surface area contributed by atoms with Gasteiger partial charge in [-0.1, -0.05) is 0 Å². The van der Waals surface area contributed by atoms with Gasteiger partial charge in [-0.3, -0.25) is 24.4 Å². The van der Waals surface area contributed by atoms with Gasteiger partial charge in [0.05, 0.1) is 28.2 Å². The third-order valence-electron chi connectivity index (χ3n) is 3.63. The van der Waals surface area contributed by atoms with E-state index < -0.39 is 36.5 Å². The van der Waals surface area contributed by atoms with Crippen molar-refractivity contribution in [2.75, 3.05) is 20.2 Å². The predicted molar refractivity (Wildman–Crippen MR) is 98.8 cm³/mol. The zero-order valence-corrected chi connectivity index (χ0v) is 17.2. The number of hydrogen-bond donors (Lipinski definition) is 3. The first-order valence-corrected chi connectivity index (χ1v) is 9.52. The van der Waals surface area contributed by atoms with Crippen LogP contribution in [0.4, 0.5) is 4.39 Å². The Kier molecular flexibility index (Phi) is 10.5. The molecule has 0 saturated carbocycles. The largest absolute Gasteiger partial charge is 0.462 e. The van der Waals surface area contributed by atoms with Crippen LogP contribution in [0, 0.1) is 0 Å². The van der Waals surface area contributed by atoms with Gasteiger partial charge in [0.1, 0.15) is 12.2 Å². The molecular weight excluding hydrogens is 396 g/mol. The first kappa shape index (κ1) is 24.4. The lowest BCUT2D eigenvalue weighted by Gasteiger charge is -2.23. The molecule has 5 unspecified atom stereocenters. The van der Waals surface area contributed by atoms with Gasteiger partial charge in [0.25, 0.3) is 0 Å². The lowest BCUT2D eigenvalue weighted by molar-refractivity contribution is -0.145. The number of amides is 2. The highest BCUT2D eigenvalue weighted by molar-refractivity contribution is 7.29. The topological polar surface area (TPSA) is 126 Å². The highest BCUT2D eigenvalue weighted by Crippen LogP contribution is 2.28. The summed E-state index contributed by atoms with van der Waals surface area (Å²) in [5.74, 6) is -0.879. The first-order valence-electron chi connectivity index (χ1n) is 8.61. The second kappa shape index (κ2) is 12.0. The molecule has 1 aliphatic rings. The van der Waals surface area contributed by atoms with E-state index in [0.717, 1.165) is 11.1 Å². The maximum Gasteiger partial charge on any atom is 0.320 e. The lowest BCUT2D eigenvalue weighted by atomic mass is 10.1. The van der Waals surface area contributed by atoms with Crippen molar-refractivity contribution in [2.24, 2.45) is 0 Å². The van der Waals surface area contributed by atoms with Gasteiger partial charge >= 0.3 is 5.97 Å². The summed E-state index contributed by atoms with van der Waals surface area (Å²) in [5.41, 5.74) is 0.165. The minimum Gasteiger partial charge on any atom is -0.462 e. The third-order valence-corrected chi connectivity index (χ3v) is 4.26. The van der Waals surface area contributed by atoms with Crippen molar-refractivity contribution in [2.45, 2.75) is 51.5 Å². The fourth-order valence-electron chi connectivity index (χ4n) is 2.31. The Balaban J connectivity index is 2.51. The SMILES string of the molecule is CNC(=O)/C(C)=C\N(C=O)C1OC(COPNCC(=O)OC(C)C)C(O)C1F. The Hall–Kier alpha value is -1.65. The second-order valence-corrected chi connectivity index (χ2v) is 7.10. The minimum absolute atomic E-state index is 0.0540. The molecule has 1 fully saturated rings. The van der Waals surface area contributed by atoms with E-state index in [1.807, 2.05) is 0 Å². The van der Waals surface area contributed by atoms with Crippen molar-refractivity contribution in [3.05, 3.63) is 11.8 Å². The van der Waals surface area contributed by atoms with E-state index in [1.165, 1.54) is 14.0 Å². The standard InChI is InChI=1S/C16H27FN3O7P/c1-9(2)26-12(22)5-19-28-25-7-11-14(23)13(17)16(27-11)20(8-21)6-10(3)15(24)18-4/h6,8-9,11,13-14,16,19,23,28H,5,7H2,1-4H3,(H,18,24)/b10-6-. The van der Waals surface area contributed by atoms with Crippen LogP contribution in [0.25, 0.3) is 0 Å². The fraction of sp³-hybridized carbons (Fsp3) is 0.688. The van der Waals surface area contributed by atoms with Crippen molar-refractivity contribution in [3.63, 3.8) is 0 Å². The molecule has 0 aromatic rings. The van der Waals surface area contributed by atoms with Crippen LogP contribution in [0.15, 0.2) is 11.8 Å². The maximum atomic E-state index is 14.4. The number of likely N-dealkylation sites (N-methyl/N-ethyl adjacent to an activating group) is 1. The molecular formula is C16H27FN3O7P. The monoisotopic (exact) mass is 423 g/mol. The van der Waals surface area contributed by atoms with E-state index in [1.54, 1.807) is 13.8 Å². The van der Waals surface area contributed by atoms with Gasteiger partial charge < -0.3 is 24.4 Å². The van der Waals surface area contributed by atoms with E-state index >= 15 is 0 Å². The van der Waals surface area contributed by atoms with Crippen molar-refractivity contribution in [3.8, 4) is 0 Å². The summed E-state index contributed by atoms with van der Waals surface area (Å²) in [6.07, 6.45) is -4.58. The lowest BCUT2D eigenvalue weighted by Crippen LogP contribution is -2.39. The van der Waals surface area contributed by atoms with Crippen LogP contribution in [-0.2, 0) is 28.4 Å². The molecule has 0 aliphatic carbocycles. The molecule has 3 N–H and O–H groups in total. The highest BCUT2D eigenvalue weighted by Gasteiger charge is 2.46. The predicted octanol–water partition coefficient (Wildman–Crippen LogP) is -0.415. The van der Waals surface area contributed by atoms with Gasteiger partial charge in [-0.05, 0) is 20.8 Å². The number of nitrogens with zero attached hydrogens (tertiary/aromatic N) is 1. The van der Waals surface area contributed by atoms with Crippen LogP contribution in [0.5, 0.6) is 0 Å². The number of halogens is 1. The summed E-state index contributed by atoms with van der Waals surface area (Å²) in [6, 6.07) is 0. The molecule has 0 aromatic carbocycles. The molecule has 12 heteroatoms. The number of ether oxygens (including phenoxy) is 2. The molecule has 1 aliphatic heterocycles. The molecule has 5 atom stereocenters. The number of alkyl halides is 1. The van der Waals surface area contributed by atoms with Gasteiger partial charge in [0.15, 0.2) is 12.4 Å². The molecule has 1 saturated heterocycles. The second-order valence-electron chi connectivity index (χ2n) is 6.25. The Morgan fingerprint density at radius 2 is 2.11 bits per heavy atom. The number of hydrogen-bond acceptors (Lipinski definition) is 8. The van der Waals surface area contributed by atoms with E-state index in [2.05, 4.69) is 10.4 Å². The molecule has 1 heterocycles. The Bertz CT molecular complexity index is 578. The molecule has 160 valence electrons. The molecule has 2 amide bonds. The zero-order chi connectivity index (χ0) is 21.3. The first-order chi connectivity index (χ1) is 13.2. The van der Waals surface area contributed by atoms with Gasteiger partial charge in [-0.2, -0.15) is 0 Å². The average Bonchev–Trinajstić information content (AvgIpc) is 2.92. The molecule has 1 rings (SSSR count). The molecule has 10 nitrogen and oxygen atoms in total. The number of carbonyl (C=O) groups is 3. The third kappa shape index (κ3) is 7.40. The fourth-order valence-corrected chi connectivity index (χ4v) is 2.88. The zero-order valence-electron chi connectivity index (χ0n) is 16.2. The van der Waals surface area contributed by atoms with E-state index in [-0.39, 0.29) is 33.8 Å². The number of nitrogens with one attached hydrogen (secondary N) is 2. The van der Waals surface area contributed by atoms with Crippen LogP contribution in [-0.4, -0.2) is 79.2 Å². The number of aliphatic hydroxyl groups is 1. The number of esters is 1. The average molecular weight is 423 g/mol. The Morgan fingerprint density at radius 1 is 1.43 bits per heavy atom. The normalized spacial score (nSPS) is 25.3. The van der Waals surface area contributed by atoms with Crippen LogP contribution >= 0.6 is 8.96 Å². The maximum absolute atomic E-state index is 14.4. The van der Waals surface area contributed by atoms with E-state index in [4.69, 9.17) is 14.0 Å².